The number of carbonyl (C=O) groups excluding carboxylic acids is 1. The summed E-state index contributed by atoms with van der Waals surface area (Å²) in [7, 11) is 0. The zero-order valence-electron chi connectivity index (χ0n) is 10.6. The highest BCUT2D eigenvalue weighted by Gasteiger charge is 2.29. The van der Waals surface area contributed by atoms with Crippen molar-refractivity contribution in [3.8, 4) is 0 Å². The highest BCUT2D eigenvalue weighted by Crippen LogP contribution is 2.19. The summed E-state index contributed by atoms with van der Waals surface area (Å²) in [5.41, 5.74) is 5.22. The van der Waals surface area contributed by atoms with Crippen LogP contribution in [0.1, 0.15) is 23.3 Å². The minimum atomic E-state index is -4.41. The van der Waals surface area contributed by atoms with Crippen molar-refractivity contribution < 1.29 is 22.7 Å². The van der Waals surface area contributed by atoms with Gasteiger partial charge in [-0.05, 0) is 12.8 Å². The number of ether oxygens (including phenoxy) is 1. The zero-order chi connectivity index (χ0) is 14.8. The number of aromatic nitrogens is 2. The zero-order valence-corrected chi connectivity index (χ0v) is 10.6. The van der Waals surface area contributed by atoms with Gasteiger partial charge < -0.3 is 15.8 Å². The van der Waals surface area contributed by atoms with Gasteiger partial charge in [0.25, 0.3) is 5.91 Å². The molecule has 1 saturated heterocycles. The van der Waals surface area contributed by atoms with Gasteiger partial charge in [-0.3, -0.25) is 9.48 Å². The van der Waals surface area contributed by atoms with E-state index in [9.17, 15) is 18.0 Å². The lowest BCUT2D eigenvalue weighted by Crippen LogP contribution is -2.32. The highest BCUT2D eigenvalue weighted by atomic mass is 19.4. The number of halogens is 3. The van der Waals surface area contributed by atoms with Gasteiger partial charge in [-0.2, -0.15) is 18.3 Å². The van der Waals surface area contributed by atoms with Crippen LogP contribution in [0.15, 0.2) is 6.20 Å². The highest BCUT2D eigenvalue weighted by molar-refractivity contribution is 5.96. The van der Waals surface area contributed by atoms with Crippen LogP contribution in [0.5, 0.6) is 0 Å². The van der Waals surface area contributed by atoms with Crippen LogP contribution in [0.2, 0.25) is 0 Å². The Kier molecular flexibility index (Phi) is 4.17. The molecule has 2 rings (SSSR count). The number of nitrogen functional groups attached to an aromatic ring is 1. The molecule has 1 aliphatic rings. The van der Waals surface area contributed by atoms with Gasteiger partial charge in [-0.25, -0.2) is 0 Å². The fourth-order valence-electron chi connectivity index (χ4n) is 1.97. The molecule has 0 saturated carbocycles. The number of nitrogens with zero attached hydrogens (tertiary/aromatic N) is 2. The van der Waals surface area contributed by atoms with E-state index in [4.69, 9.17) is 10.5 Å². The number of hydrogen-bond donors (Lipinski definition) is 2. The molecular weight excluding hydrogens is 277 g/mol. The third kappa shape index (κ3) is 3.86. The van der Waals surface area contributed by atoms with Crippen molar-refractivity contribution in [2.24, 2.45) is 0 Å². The van der Waals surface area contributed by atoms with Crippen LogP contribution in [0, 0.1) is 0 Å². The second-order valence-corrected chi connectivity index (χ2v) is 4.59. The molecule has 9 heteroatoms. The molecule has 20 heavy (non-hydrogen) atoms. The maximum atomic E-state index is 12.2. The van der Waals surface area contributed by atoms with E-state index >= 15 is 0 Å². The molecule has 6 nitrogen and oxygen atoms in total. The first-order valence-electron chi connectivity index (χ1n) is 6.14. The lowest BCUT2D eigenvalue weighted by atomic mass is 10.2. The summed E-state index contributed by atoms with van der Waals surface area (Å²) in [4.78, 5) is 11.8. The van der Waals surface area contributed by atoms with Gasteiger partial charge in [0.05, 0.1) is 11.8 Å². The second kappa shape index (κ2) is 5.70. The van der Waals surface area contributed by atoms with E-state index in [1.165, 1.54) is 0 Å². The molecule has 0 bridgehead atoms. The summed E-state index contributed by atoms with van der Waals surface area (Å²) in [5.74, 6) is -0.598. The number of amides is 1. The Morgan fingerprint density at radius 2 is 2.35 bits per heavy atom. The van der Waals surface area contributed by atoms with Crippen LogP contribution in [-0.4, -0.2) is 41.1 Å². The van der Waals surface area contributed by atoms with Gasteiger partial charge in [0.2, 0.25) is 0 Å². The first-order valence-corrected chi connectivity index (χ1v) is 6.14. The van der Waals surface area contributed by atoms with Crippen molar-refractivity contribution in [3.05, 3.63) is 11.9 Å². The predicted octanol–water partition coefficient (Wildman–Crippen LogP) is 0.936. The Labute approximate surface area is 113 Å². The molecular formula is C11H15F3N4O2. The van der Waals surface area contributed by atoms with Crippen LogP contribution in [0.25, 0.3) is 0 Å². The van der Waals surface area contributed by atoms with E-state index in [2.05, 4.69) is 10.4 Å². The number of hydrogen-bond acceptors (Lipinski definition) is 4. The van der Waals surface area contributed by atoms with Gasteiger partial charge in [0, 0.05) is 19.3 Å². The summed E-state index contributed by atoms with van der Waals surface area (Å²) >= 11 is 0. The largest absolute Gasteiger partial charge is 0.408 e. The minimum absolute atomic E-state index is 0.0579. The molecule has 0 aromatic carbocycles. The van der Waals surface area contributed by atoms with Crippen LogP contribution in [0.3, 0.4) is 0 Å². The molecule has 1 aromatic heterocycles. The van der Waals surface area contributed by atoms with Crippen molar-refractivity contribution >= 4 is 11.6 Å². The number of carbonyl (C=O) groups is 1. The Bertz CT molecular complexity index is 481. The van der Waals surface area contributed by atoms with Crippen molar-refractivity contribution in [2.45, 2.75) is 31.7 Å². The molecule has 1 amide bonds. The number of alkyl halides is 3. The molecule has 0 radical (unpaired) electrons. The molecule has 0 aliphatic carbocycles. The Morgan fingerprint density at radius 3 is 2.95 bits per heavy atom. The van der Waals surface area contributed by atoms with Gasteiger partial charge in [0.1, 0.15) is 6.54 Å². The number of nitrogens with two attached hydrogens (primary N) is 1. The molecule has 112 valence electrons. The van der Waals surface area contributed by atoms with Gasteiger partial charge in [-0.1, -0.05) is 0 Å². The summed E-state index contributed by atoms with van der Waals surface area (Å²) in [6, 6.07) is 0. The monoisotopic (exact) mass is 292 g/mol. The maximum absolute atomic E-state index is 12.2. The van der Waals surface area contributed by atoms with Crippen molar-refractivity contribution in [1.29, 1.82) is 0 Å². The molecule has 0 spiro atoms. The Hall–Kier alpha value is -1.77. The minimum Gasteiger partial charge on any atom is -0.396 e. The molecule has 2 heterocycles. The number of anilines is 1. The molecule has 1 unspecified atom stereocenters. The van der Waals surface area contributed by atoms with E-state index in [0.717, 1.165) is 19.0 Å². The molecule has 3 N–H and O–H groups in total. The van der Waals surface area contributed by atoms with E-state index in [0.29, 0.717) is 17.8 Å². The first kappa shape index (κ1) is 14.6. The summed E-state index contributed by atoms with van der Waals surface area (Å²) in [6.07, 6.45) is -1.70. The van der Waals surface area contributed by atoms with Crippen LogP contribution >= 0.6 is 0 Å². The number of rotatable bonds is 4. The van der Waals surface area contributed by atoms with Crippen LogP contribution in [-0.2, 0) is 11.3 Å². The summed E-state index contributed by atoms with van der Waals surface area (Å²) < 4.78 is 42.6. The third-order valence-electron chi connectivity index (χ3n) is 2.86. The van der Waals surface area contributed by atoms with Gasteiger partial charge in [0.15, 0.2) is 5.69 Å². The molecule has 1 fully saturated rings. The summed E-state index contributed by atoms with van der Waals surface area (Å²) in [5, 5.41) is 6.12. The van der Waals surface area contributed by atoms with E-state index < -0.39 is 18.6 Å². The van der Waals surface area contributed by atoms with Crippen molar-refractivity contribution in [2.75, 3.05) is 18.9 Å². The van der Waals surface area contributed by atoms with E-state index in [1.54, 1.807) is 0 Å². The fraction of sp³-hybridized carbons (Fsp3) is 0.636. The fourth-order valence-corrected chi connectivity index (χ4v) is 1.97. The third-order valence-corrected chi connectivity index (χ3v) is 2.86. The average Bonchev–Trinajstić information content (AvgIpc) is 2.93. The quantitative estimate of drug-likeness (QED) is 0.865. The maximum Gasteiger partial charge on any atom is 0.408 e. The molecule has 1 atom stereocenters. The standard InChI is InChI=1S/C11H15F3N4O2/c12-11(13,14)6-18-5-8(15)9(17-18)10(19)16-4-7-2-1-3-20-7/h5,7H,1-4,6,15H2,(H,16,19). The lowest BCUT2D eigenvalue weighted by Gasteiger charge is -2.09. The normalized spacial score (nSPS) is 19.2. The van der Waals surface area contributed by atoms with E-state index in [-0.39, 0.29) is 17.5 Å². The molecule has 1 aromatic rings. The van der Waals surface area contributed by atoms with Crippen molar-refractivity contribution in [3.63, 3.8) is 0 Å². The predicted molar refractivity (Wildman–Crippen MR) is 64.0 cm³/mol. The lowest BCUT2D eigenvalue weighted by molar-refractivity contribution is -0.142. The average molecular weight is 292 g/mol. The second-order valence-electron chi connectivity index (χ2n) is 4.59. The number of nitrogens with one attached hydrogen (secondary N) is 1. The van der Waals surface area contributed by atoms with Gasteiger partial charge in [-0.15, -0.1) is 0 Å². The summed E-state index contributed by atoms with van der Waals surface area (Å²) in [6.45, 7) is -0.330. The first-order chi connectivity index (χ1) is 9.35. The van der Waals surface area contributed by atoms with Gasteiger partial charge >= 0.3 is 6.18 Å². The SMILES string of the molecule is Nc1cn(CC(F)(F)F)nc1C(=O)NCC1CCCO1. The molecule has 1 aliphatic heterocycles. The Morgan fingerprint density at radius 1 is 1.60 bits per heavy atom. The van der Waals surface area contributed by atoms with Crippen LogP contribution in [0.4, 0.5) is 18.9 Å². The smallest absolute Gasteiger partial charge is 0.396 e. The van der Waals surface area contributed by atoms with E-state index in [1.807, 2.05) is 0 Å². The van der Waals surface area contributed by atoms with Crippen LogP contribution < -0.4 is 11.1 Å². The Balaban J connectivity index is 1.95. The topological polar surface area (TPSA) is 82.2 Å². The van der Waals surface area contributed by atoms with Crippen molar-refractivity contribution in [1.82, 2.24) is 15.1 Å².